The fourth-order valence-electron chi connectivity index (χ4n) is 4.08. The van der Waals surface area contributed by atoms with Gasteiger partial charge in [-0.2, -0.15) is 0 Å². The Kier molecular flexibility index (Phi) is 6.49. The van der Waals surface area contributed by atoms with E-state index < -0.39 is 0 Å². The predicted octanol–water partition coefficient (Wildman–Crippen LogP) is 4.55. The van der Waals surface area contributed by atoms with Gasteiger partial charge in [0.05, 0.1) is 10.6 Å². The number of piperidine rings is 1. The van der Waals surface area contributed by atoms with Crippen LogP contribution in [0.5, 0.6) is 0 Å². The van der Waals surface area contributed by atoms with Crippen molar-refractivity contribution >= 4 is 23.2 Å². The Bertz CT molecular complexity index is 1280. The summed E-state index contributed by atoms with van der Waals surface area (Å²) in [6, 6.07) is 21.0. The average Bonchev–Trinajstić information content (AvgIpc) is 3.58. The molecular formula is C26H25N5O2S. The molecule has 0 radical (unpaired) electrons. The van der Waals surface area contributed by atoms with Gasteiger partial charge in [0.1, 0.15) is 0 Å². The number of nitrogens with zero attached hydrogens (tertiary/aromatic N) is 4. The second-order valence-corrected chi connectivity index (χ2v) is 9.17. The maximum Gasteiger partial charge on any atom is 0.291 e. The number of nitrogens with one attached hydrogen (secondary N) is 1. The van der Waals surface area contributed by atoms with Crippen LogP contribution in [0.15, 0.2) is 72.1 Å². The van der Waals surface area contributed by atoms with Crippen LogP contribution in [0.25, 0.3) is 16.4 Å². The van der Waals surface area contributed by atoms with Gasteiger partial charge in [-0.3, -0.25) is 9.59 Å². The van der Waals surface area contributed by atoms with Crippen molar-refractivity contribution in [3.05, 3.63) is 89.1 Å². The van der Waals surface area contributed by atoms with Gasteiger partial charge in [0, 0.05) is 25.2 Å². The summed E-state index contributed by atoms with van der Waals surface area (Å²) in [7, 11) is 0. The monoisotopic (exact) mass is 471 g/mol. The summed E-state index contributed by atoms with van der Waals surface area (Å²) < 4.78 is 1.69. The number of aromatic nitrogens is 3. The molecule has 1 N–H and O–H groups in total. The number of hydrogen-bond acceptors (Lipinski definition) is 5. The molecule has 1 aliphatic rings. The topological polar surface area (TPSA) is 80.1 Å². The number of para-hydroxylation sites is 1. The van der Waals surface area contributed by atoms with E-state index in [0.717, 1.165) is 42.1 Å². The zero-order valence-corrected chi connectivity index (χ0v) is 19.5. The number of carbonyl (C=O) groups is 2. The average molecular weight is 472 g/mol. The number of carbonyl (C=O) groups excluding carboxylic acids is 2. The fraction of sp³-hybridized carbons (Fsp3) is 0.231. The molecule has 0 spiro atoms. The van der Waals surface area contributed by atoms with Crippen molar-refractivity contribution in [2.45, 2.75) is 25.8 Å². The van der Waals surface area contributed by atoms with E-state index in [1.54, 1.807) is 16.0 Å². The summed E-state index contributed by atoms with van der Waals surface area (Å²) in [6.07, 6.45) is 3.28. The SMILES string of the molecule is O=C(NCc1cccc(C(=O)N2CCCCC2)c1)c1nc(-c2cccs2)n(-c2ccccc2)n1. The van der Waals surface area contributed by atoms with Crippen molar-refractivity contribution in [1.82, 2.24) is 25.0 Å². The maximum atomic E-state index is 12.9. The number of benzene rings is 2. The van der Waals surface area contributed by atoms with E-state index in [1.807, 2.05) is 77.0 Å². The number of rotatable bonds is 6. The molecule has 3 heterocycles. The minimum absolute atomic E-state index is 0.0525. The zero-order chi connectivity index (χ0) is 23.3. The Hall–Kier alpha value is -3.78. The van der Waals surface area contributed by atoms with Crippen LogP contribution in [0, 0.1) is 0 Å². The van der Waals surface area contributed by atoms with Gasteiger partial charge in [-0.05, 0) is 60.5 Å². The molecular weight excluding hydrogens is 446 g/mol. The van der Waals surface area contributed by atoms with Gasteiger partial charge in [-0.15, -0.1) is 16.4 Å². The van der Waals surface area contributed by atoms with Crippen LogP contribution in [0.2, 0.25) is 0 Å². The standard InChI is InChI=1S/C26H25N5O2S/c32-25(27-18-19-9-7-10-20(17-19)26(33)30-14-5-2-6-15-30)23-28-24(22-13-8-16-34-22)31(29-23)21-11-3-1-4-12-21/h1,3-4,7-13,16-17H,2,5-6,14-15,18H2,(H,27,32). The number of thiophene rings is 1. The summed E-state index contributed by atoms with van der Waals surface area (Å²) in [5, 5.41) is 9.36. The molecule has 2 aromatic heterocycles. The predicted molar refractivity (Wildman–Crippen MR) is 132 cm³/mol. The molecule has 0 unspecified atom stereocenters. The third kappa shape index (κ3) is 4.77. The highest BCUT2D eigenvalue weighted by Gasteiger charge is 2.20. The minimum Gasteiger partial charge on any atom is -0.345 e. The first kappa shape index (κ1) is 22.0. The fourth-order valence-corrected chi connectivity index (χ4v) is 4.78. The first-order chi connectivity index (χ1) is 16.7. The van der Waals surface area contributed by atoms with E-state index in [2.05, 4.69) is 15.4 Å². The molecule has 2 amide bonds. The second kappa shape index (κ2) is 10.0. The highest BCUT2D eigenvalue weighted by Crippen LogP contribution is 2.25. The van der Waals surface area contributed by atoms with Crippen LogP contribution in [-0.2, 0) is 6.54 Å². The van der Waals surface area contributed by atoms with Gasteiger partial charge in [-0.25, -0.2) is 9.67 Å². The molecule has 0 saturated carbocycles. The van der Waals surface area contributed by atoms with Gasteiger partial charge in [-0.1, -0.05) is 36.4 Å². The highest BCUT2D eigenvalue weighted by atomic mass is 32.1. The largest absolute Gasteiger partial charge is 0.345 e. The third-order valence-electron chi connectivity index (χ3n) is 5.82. The van der Waals surface area contributed by atoms with Crippen molar-refractivity contribution < 1.29 is 9.59 Å². The Labute approximate surface area is 202 Å². The molecule has 0 bridgehead atoms. The van der Waals surface area contributed by atoms with Crippen molar-refractivity contribution in [1.29, 1.82) is 0 Å². The molecule has 5 rings (SSSR count). The first-order valence-corrected chi connectivity index (χ1v) is 12.3. The quantitative estimate of drug-likeness (QED) is 0.447. The Balaban J connectivity index is 1.32. The highest BCUT2D eigenvalue weighted by molar-refractivity contribution is 7.13. The molecule has 7 nitrogen and oxygen atoms in total. The summed E-state index contributed by atoms with van der Waals surface area (Å²) in [5.41, 5.74) is 2.35. The lowest BCUT2D eigenvalue weighted by atomic mass is 10.1. The van der Waals surface area contributed by atoms with Crippen LogP contribution in [0.4, 0.5) is 0 Å². The molecule has 8 heteroatoms. The van der Waals surface area contributed by atoms with Gasteiger partial charge >= 0.3 is 0 Å². The van der Waals surface area contributed by atoms with E-state index >= 15 is 0 Å². The lowest BCUT2D eigenvalue weighted by Crippen LogP contribution is -2.35. The molecule has 1 aliphatic heterocycles. The Morgan fingerprint density at radius 3 is 2.53 bits per heavy atom. The van der Waals surface area contributed by atoms with Crippen molar-refractivity contribution in [2.24, 2.45) is 0 Å². The van der Waals surface area contributed by atoms with E-state index in [0.29, 0.717) is 11.4 Å². The van der Waals surface area contributed by atoms with E-state index in [9.17, 15) is 9.59 Å². The van der Waals surface area contributed by atoms with E-state index in [1.165, 1.54) is 6.42 Å². The van der Waals surface area contributed by atoms with Gasteiger partial charge in [0.15, 0.2) is 5.82 Å². The lowest BCUT2D eigenvalue weighted by molar-refractivity contribution is 0.0724. The normalized spacial score (nSPS) is 13.6. The molecule has 1 fully saturated rings. The van der Waals surface area contributed by atoms with Crippen LogP contribution in [0.1, 0.15) is 45.8 Å². The van der Waals surface area contributed by atoms with E-state index in [-0.39, 0.29) is 24.2 Å². The molecule has 1 saturated heterocycles. The van der Waals surface area contributed by atoms with Crippen LogP contribution < -0.4 is 5.32 Å². The summed E-state index contributed by atoms with van der Waals surface area (Å²) in [4.78, 5) is 33.1. The number of hydrogen-bond donors (Lipinski definition) is 1. The van der Waals surface area contributed by atoms with Crippen molar-refractivity contribution in [3.8, 4) is 16.4 Å². The van der Waals surface area contributed by atoms with Crippen LogP contribution in [0.3, 0.4) is 0 Å². The Morgan fingerprint density at radius 2 is 1.76 bits per heavy atom. The molecule has 34 heavy (non-hydrogen) atoms. The molecule has 4 aromatic rings. The summed E-state index contributed by atoms with van der Waals surface area (Å²) in [5.74, 6) is 0.422. The molecule has 0 atom stereocenters. The van der Waals surface area contributed by atoms with Gasteiger partial charge < -0.3 is 10.2 Å². The van der Waals surface area contributed by atoms with Gasteiger partial charge in [0.2, 0.25) is 5.82 Å². The summed E-state index contributed by atoms with van der Waals surface area (Å²) >= 11 is 1.55. The first-order valence-electron chi connectivity index (χ1n) is 11.4. The van der Waals surface area contributed by atoms with E-state index in [4.69, 9.17) is 0 Å². The number of amides is 2. The molecule has 0 aliphatic carbocycles. The minimum atomic E-state index is -0.361. The van der Waals surface area contributed by atoms with Crippen molar-refractivity contribution in [3.63, 3.8) is 0 Å². The van der Waals surface area contributed by atoms with Gasteiger partial charge in [0.25, 0.3) is 11.8 Å². The Morgan fingerprint density at radius 1 is 0.941 bits per heavy atom. The second-order valence-electron chi connectivity index (χ2n) is 8.22. The van der Waals surface area contributed by atoms with Crippen LogP contribution in [-0.4, -0.2) is 44.6 Å². The smallest absolute Gasteiger partial charge is 0.291 e. The van der Waals surface area contributed by atoms with Crippen molar-refractivity contribution in [2.75, 3.05) is 13.1 Å². The van der Waals surface area contributed by atoms with Crippen LogP contribution >= 0.6 is 11.3 Å². The number of likely N-dealkylation sites (tertiary alicyclic amines) is 1. The lowest BCUT2D eigenvalue weighted by Gasteiger charge is -2.26. The third-order valence-corrected chi connectivity index (χ3v) is 6.69. The maximum absolute atomic E-state index is 12.9. The molecule has 172 valence electrons. The zero-order valence-electron chi connectivity index (χ0n) is 18.7. The molecule has 2 aromatic carbocycles. The summed E-state index contributed by atoms with van der Waals surface area (Å²) in [6.45, 7) is 1.90.